The molecule has 0 radical (unpaired) electrons. The normalized spacial score (nSPS) is 10.9. The molecule has 1 aromatic heterocycles. The van der Waals surface area contributed by atoms with E-state index in [1.54, 1.807) is 0 Å². The van der Waals surface area contributed by atoms with E-state index in [1.165, 1.54) is 11.8 Å². The van der Waals surface area contributed by atoms with E-state index in [-0.39, 0.29) is 18.4 Å². The quantitative estimate of drug-likeness (QED) is 0.506. The molecular formula is C23H18N2O2. The van der Waals surface area contributed by atoms with Crippen molar-refractivity contribution < 1.29 is 9.59 Å². The summed E-state index contributed by atoms with van der Waals surface area (Å²) in [5, 5.41) is 1.50. The number of aromatic nitrogens is 1. The summed E-state index contributed by atoms with van der Waals surface area (Å²) in [5.74, 6) is -0.588. The Bertz CT molecular complexity index is 1100. The molecule has 27 heavy (non-hydrogen) atoms. The number of pyridine rings is 1. The van der Waals surface area contributed by atoms with Crippen LogP contribution in [0.25, 0.3) is 21.8 Å². The highest BCUT2D eigenvalue weighted by Crippen LogP contribution is 2.27. The molecule has 0 fully saturated rings. The Morgan fingerprint density at radius 1 is 0.778 bits per heavy atom. The number of hydrogen-bond donors (Lipinski definition) is 0. The third-order valence-corrected chi connectivity index (χ3v) is 4.61. The van der Waals surface area contributed by atoms with Crippen LogP contribution in [0.1, 0.15) is 22.8 Å². The monoisotopic (exact) mass is 354 g/mol. The summed E-state index contributed by atoms with van der Waals surface area (Å²) in [5.41, 5.74) is 2.90. The number of carbonyl (C=O) groups is 2. The van der Waals surface area contributed by atoms with Crippen LogP contribution in [-0.4, -0.2) is 21.7 Å². The lowest BCUT2D eigenvalue weighted by Gasteiger charge is -2.21. The minimum atomic E-state index is -0.304. The first-order valence-electron chi connectivity index (χ1n) is 8.79. The predicted molar refractivity (Wildman–Crippen MR) is 106 cm³/mol. The van der Waals surface area contributed by atoms with Crippen LogP contribution in [0.15, 0.2) is 78.9 Å². The van der Waals surface area contributed by atoms with Gasteiger partial charge in [-0.3, -0.25) is 14.5 Å². The fraction of sp³-hybridized carbons (Fsp3) is 0.0870. The molecule has 0 saturated heterocycles. The Labute approximate surface area is 157 Å². The van der Waals surface area contributed by atoms with E-state index in [0.29, 0.717) is 5.56 Å². The average Bonchev–Trinajstić information content (AvgIpc) is 2.70. The number of carbonyl (C=O) groups excluding carboxylic acids is 2. The van der Waals surface area contributed by atoms with Gasteiger partial charge in [-0.05, 0) is 17.7 Å². The molecule has 0 saturated carbocycles. The molecule has 0 atom stereocenters. The number of imide groups is 1. The third-order valence-electron chi connectivity index (χ3n) is 4.61. The van der Waals surface area contributed by atoms with Crippen LogP contribution in [0.3, 0.4) is 0 Å². The first-order chi connectivity index (χ1) is 13.1. The van der Waals surface area contributed by atoms with E-state index in [0.717, 1.165) is 27.4 Å². The van der Waals surface area contributed by atoms with Crippen LogP contribution in [0, 0.1) is 0 Å². The molecule has 132 valence electrons. The van der Waals surface area contributed by atoms with Gasteiger partial charge >= 0.3 is 0 Å². The summed E-state index contributed by atoms with van der Waals surface area (Å²) in [4.78, 5) is 31.8. The van der Waals surface area contributed by atoms with E-state index < -0.39 is 0 Å². The molecular weight excluding hydrogens is 336 g/mol. The number of amides is 2. The van der Waals surface area contributed by atoms with Crippen molar-refractivity contribution in [2.75, 3.05) is 0 Å². The zero-order valence-electron chi connectivity index (χ0n) is 14.9. The molecule has 4 rings (SSSR count). The van der Waals surface area contributed by atoms with Crippen molar-refractivity contribution in [1.82, 2.24) is 9.88 Å². The largest absolute Gasteiger partial charge is 0.275 e. The summed E-state index contributed by atoms with van der Waals surface area (Å²) < 4.78 is 0. The van der Waals surface area contributed by atoms with Crippen LogP contribution in [0.2, 0.25) is 0 Å². The van der Waals surface area contributed by atoms with Gasteiger partial charge in [-0.1, -0.05) is 66.7 Å². The van der Waals surface area contributed by atoms with Crippen molar-refractivity contribution in [3.8, 4) is 0 Å². The van der Waals surface area contributed by atoms with Crippen molar-refractivity contribution >= 4 is 33.6 Å². The van der Waals surface area contributed by atoms with Gasteiger partial charge in [-0.2, -0.15) is 0 Å². The van der Waals surface area contributed by atoms with Gasteiger partial charge in [0.2, 0.25) is 5.91 Å². The summed E-state index contributed by atoms with van der Waals surface area (Å²) in [6, 6.07) is 24.6. The first-order valence-corrected chi connectivity index (χ1v) is 8.79. The molecule has 2 amide bonds. The summed E-state index contributed by atoms with van der Waals surface area (Å²) in [6.07, 6.45) is 0. The van der Waals surface area contributed by atoms with Crippen molar-refractivity contribution in [3.63, 3.8) is 0 Å². The number of benzene rings is 3. The zero-order valence-corrected chi connectivity index (χ0v) is 14.9. The zero-order chi connectivity index (χ0) is 18.8. The molecule has 3 aromatic carbocycles. The molecule has 4 heteroatoms. The topological polar surface area (TPSA) is 50.3 Å². The summed E-state index contributed by atoms with van der Waals surface area (Å²) >= 11 is 0. The van der Waals surface area contributed by atoms with Gasteiger partial charge in [0.15, 0.2) is 0 Å². The molecule has 1 heterocycles. The van der Waals surface area contributed by atoms with E-state index in [9.17, 15) is 9.59 Å². The molecule has 0 aliphatic heterocycles. The Morgan fingerprint density at radius 3 is 1.85 bits per heavy atom. The summed E-state index contributed by atoms with van der Waals surface area (Å²) in [7, 11) is 0. The highest BCUT2D eigenvalue weighted by Gasteiger charge is 2.24. The van der Waals surface area contributed by atoms with Crippen LogP contribution in [0.4, 0.5) is 0 Å². The van der Waals surface area contributed by atoms with Crippen molar-refractivity contribution in [2.24, 2.45) is 0 Å². The standard InChI is InChI=1S/C23H18N2O2/c1-16(26)25(15-17-9-3-2-4-10-17)23(27)22-18-11-5-7-13-20(18)24-21-14-8-6-12-19(21)22/h2-14H,15H2,1H3. The molecule has 4 aromatic rings. The second-order valence-corrected chi connectivity index (χ2v) is 6.42. The minimum Gasteiger partial charge on any atom is -0.275 e. The van der Waals surface area contributed by atoms with Gasteiger partial charge in [0.25, 0.3) is 5.91 Å². The SMILES string of the molecule is CC(=O)N(Cc1ccccc1)C(=O)c1c2ccccc2nc2ccccc12. The van der Waals surface area contributed by atoms with Gasteiger partial charge in [0, 0.05) is 17.7 Å². The van der Waals surface area contributed by atoms with Gasteiger partial charge in [0.05, 0.1) is 23.1 Å². The fourth-order valence-corrected chi connectivity index (χ4v) is 3.30. The molecule has 0 spiro atoms. The minimum absolute atomic E-state index is 0.236. The predicted octanol–water partition coefficient (Wildman–Crippen LogP) is 4.58. The Hall–Kier alpha value is -3.53. The molecule has 4 nitrogen and oxygen atoms in total. The van der Waals surface area contributed by atoms with Gasteiger partial charge in [0.1, 0.15) is 0 Å². The number of fused-ring (bicyclic) bond motifs is 2. The lowest BCUT2D eigenvalue weighted by molar-refractivity contribution is -0.126. The second kappa shape index (κ2) is 7.00. The Balaban J connectivity index is 1.90. The number of nitrogens with zero attached hydrogens (tertiary/aromatic N) is 2. The lowest BCUT2D eigenvalue weighted by Crippen LogP contribution is -2.35. The van der Waals surface area contributed by atoms with Crippen LogP contribution < -0.4 is 0 Å². The third kappa shape index (κ3) is 3.17. The highest BCUT2D eigenvalue weighted by atomic mass is 16.2. The maximum atomic E-state index is 13.5. The smallest absolute Gasteiger partial charge is 0.262 e. The molecule has 0 unspecified atom stereocenters. The van der Waals surface area contributed by atoms with E-state index in [2.05, 4.69) is 4.98 Å². The highest BCUT2D eigenvalue weighted by molar-refractivity contribution is 6.19. The van der Waals surface area contributed by atoms with E-state index in [1.807, 2.05) is 78.9 Å². The van der Waals surface area contributed by atoms with Crippen molar-refractivity contribution in [1.29, 1.82) is 0 Å². The van der Waals surface area contributed by atoms with Gasteiger partial charge < -0.3 is 0 Å². The Morgan fingerprint density at radius 2 is 1.30 bits per heavy atom. The van der Waals surface area contributed by atoms with E-state index >= 15 is 0 Å². The van der Waals surface area contributed by atoms with E-state index in [4.69, 9.17) is 0 Å². The van der Waals surface area contributed by atoms with Crippen LogP contribution in [0.5, 0.6) is 0 Å². The average molecular weight is 354 g/mol. The van der Waals surface area contributed by atoms with Crippen LogP contribution >= 0.6 is 0 Å². The summed E-state index contributed by atoms with van der Waals surface area (Å²) in [6.45, 7) is 1.66. The van der Waals surface area contributed by atoms with Crippen molar-refractivity contribution in [2.45, 2.75) is 13.5 Å². The maximum absolute atomic E-state index is 13.5. The lowest BCUT2D eigenvalue weighted by atomic mass is 10.0. The molecule has 0 bridgehead atoms. The van der Waals surface area contributed by atoms with Crippen molar-refractivity contribution in [3.05, 3.63) is 90.0 Å². The number of rotatable bonds is 3. The maximum Gasteiger partial charge on any atom is 0.262 e. The van der Waals surface area contributed by atoms with Crippen LogP contribution in [-0.2, 0) is 11.3 Å². The molecule has 0 aliphatic rings. The van der Waals surface area contributed by atoms with Gasteiger partial charge in [-0.25, -0.2) is 4.98 Å². The first kappa shape index (κ1) is 16.9. The van der Waals surface area contributed by atoms with Gasteiger partial charge in [-0.15, -0.1) is 0 Å². The Kier molecular flexibility index (Phi) is 4.38. The second-order valence-electron chi connectivity index (χ2n) is 6.42. The molecule has 0 aliphatic carbocycles. The number of para-hydroxylation sites is 2. The molecule has 0 N–H and O–H groups in total. The fourth-order valence-electron chi connectivity index (χ4n) is 3.30. The number of hydrogen-bond acceptors (Lipinski definition) is 3.